The summed E-state index contributed by atoms with van der Waals surface area (Å²) in [6, 6.07) is 0.661. The van der Waals surface area contributed by atoms with Gasteiger partial charge >= 0.3 is 0 Å². The molecule has 1 saturated carbocycles. The van der Waals surface area contributed by atoms with Crippen LogP contribution in [0.15, 0.2) is 0 Å². The molecular weight excluding hydrogens is 272 g/mol. The van der Waals surface area contributed by atoms with E-state index >= 15 is 0 Å². The standard InChI is InChI=1S/C19H36N2O/c1-3-5-18(22)8-13-20-17-6-9-19(10-7-17)11-15-21(14-4-2)16-12-19/h17,20H,3-16H2,1-2H3. The van der Waals surface area contributed by atoms with Crippen molar-refractivity contribution in [2.75, 3.05) is 26.2 Å². The van der Waals surface area contributed by atoms with Crippen LogP contribution in [0, 0.1) is 5.41 Å². The minimum Gasteiger partial charge on any atom is -0.314 e. The molecule has 3 nitrogen and oxygen atoms in total. The molecule has 0 amide bonds. The lowest BCUT2D eigenvalue weighted by Crippen LogP contribution is -2.45. The van der Waals surface area contributed by atoms with Gasteiger partial charge < -0.3 is 10.2 Å². The van der Waals surface area contributed by atoms with E-state index in [1.54, 1.807) is 0 Å². The predicted octanol–water partition coefficient (Wildman–Crippen LogP) is 3.77. The fourth-order valence-electron chi connectivity index (χ4n) is 4.32. The van der Waals surface area contributed by atoms with E-state index in [0.29, 0.717) is 17.2 Å². The highest BCUT2D eigenvalue weighted by Crippen LogP contribution is 2.44. The van der Waals surface area contributed by atoms with Crippen molar-refractivity contribution < 1.29 is 4.79 Å². The topological polar surface area (TPSA) is 32.3 Å². The summed E-state index contributed by atoms with van der Waals surface area (Å²) < 4.78 is 0. The Morgan fingerprint density at radius 3 is 2.32 bits per heavy atom. The zero-order valence-corrected chi connectivity index (χ0v) is 14.8. The van der Waals surface area contributed by atoms with Gasteiger partial charge in [0.2, 0.25) is 0 Å². The number of likely N-dealkylation sites (tertiary alicyclic amines) is 1. The van der Waals surface area contributed by atoms with Crippen molar-refractivity contribution in [3.63, 3.8) is 0 Å². The Morgan fingerprint density at radius 1 is 1.05 bits per heavy atom. The predicted molar refractivity (Wildman–Crippen MR) is 93.2 cm³/mol. The van der Waals surface area contributed by atoms with Gasteiger partial charge in [0.25, 0.3) is 0 Å². The summed E-state index contributed by atoms with van der Waals surface area (Å²) in [6.07, 6.45) is 12.0. The highest BCUT2D eigenvalue weighted by molar-refractivity contribution is 5.78. The summed E-state index contributed by atoms with van der Waals surface area (Å²) in [4.78, 5) is 14.2. The Morgan fingerprint density at radius 2 is 1.73 bits per heavy atom. The molecule has 1 aliphatic heterocycles. The Labute approximate surface area is 137 Å². The second-order valence-corrected chi connectivity index (χ2v) is 7.61. The number of Topliss-reactive ketones (excluding diaryl/α,β-unsaturated/α-hetero) is 1. The second kappa shape index (κ2) is 9.02. The van der Waals surface area contributed by atoms with Crippen LogP contribution >= 0.6 is 0 Å². The third-order valence-electron chi connectivity index (χ3n) is 5.87. The van der Waals surface area contributed by atoms with Crippen LogP contribution in [0.1, 0.15) is 78.1 Å². The SMILES string of the molecule is CCCC(=O)CCNC1CCC2(CC1)CCN(CCC)CC2. The number of rotatable bonds is 8. The smallest absolute Gasteiger partial charge is 0.134 e. The number of nitrogens with one attached hydrogen (secondary N) is 1. The van der Waals surface area contributed by atoms with Crippen molar-refractivity contribution in [1.29, 1.82) is 0 Å². The van der Waals surface area contributed by atoms with Crippen LogP contribution in [0.5, 0.6) is 0 Å². The number of hydrogen-bond donors (Lipinski definition) is 1. The zero-order valence-electron chi connectivity index (χ0n) is 14.8. The lowest BCUT2D eigenvalue weighted by atomic mass is 9.67. The van der Waals surface area contributed by atoms with Gasteiger partial charge in [-0.3, -0.25) is 4.79 Å². The summed E-state index contributed by atoms with van der Waals surface area (Å²) >= 11 is 0. The first-order chi connectivity index (χ1) is 10.7. The molecule has 0 atom stereocenters. The van der Waals surface area contributed by atoms with E-state index < -0.39 is 0 Å². The molecule has 0 aromatic carbocycles. The molecule has 22 heavy (non-hydrogen) atoms. The second-order valence-electron chi connectivity index (χ2n) is 7.61. The summed E-state index contributed by atoms with van der Waals surface area (Å²) in [5.41, 5.74) is 0.653. The van der Waals surface area contributed by atoms with Crippen molar-refractivity contribution in [3.8, 4) is 0 Å². The number of ketones is 1. The van der Waals surface area contributed by atoms with Gasteiger partial charge in [0.1, 0.15) is 5.78 Å². The maximum Gasteiger partial charge on any atom is 0.134 e. The van der Waals surface area contributed by atoms with Crippen LogP contribution in [0.3, 0.4) is 0 Å². The van der Waals surface area contributed by atoms with Gasteiger partial charge in [-0.2, -0.15) is 0 Å². The molecule has 0 radical (unpaired) electrons. The fourth-order valence-corrected chi connectivity index (χ4v) is 4.32. The molecule has 1 spiro atoms. The van der Waals surface area contributed by atoms with E-state index in [9.17, 15) is 4.79 Å². The van der Waals surface area contributed by atoms with Gasteiger partial charge in [-0.25, -0.2) is 0 Å². The molecule has 2 rings (SSSR count). The Hall–Kier alpha value is -0.410. The minimum atomic E-state index is 0.422. The molecule has 1 N–H and O–H groups in total. The molecule has 2 aliphatic rings. The summed E-state index contributed by atoms with van der Waals surface area (Å²) in [6.45, 7) is 9.17. The Balaban J connectivity index is 1.63. The van der Waals surface area contributed by atoms with Crippen molar-refractivity contribution in [3.05, 3.63) is 0 Å². The number of carbonyl (C=O) groups is 1. The maximum absolute atomic E-state index is 11.6. The van der Waals surface area contributed by atoms with Gasteiger partial charge in [0, 0.05) is 25.4 Å². The first kappa shape index (κ1) is 17.9. The van der Waals surface area contributed by atoms with Crippen LogP contribution in [-0.4, -0.2) is 42.9 Å². The number of nitrogens with zero attached hydrogens (tertiary/aromatic N) is 1. The van der Waals surface area contributed by atoms with Crippen LogP contribution in [0.4, 0.5) is 0 Å². The number of carbonyl (C=O) groups excluding carboxylic acids is 1. The molecule has 1 saturated heterocycles. The first-order valence-electron chi connectivity index (χ1n) is 9.65. The van der Waals surface area contributed by atoms with Gasteiger partial charge in [0.05, 0.1) is 0 Å². The fraction of sp³-hybridized carbons (Fsp3) is 0.947. The summed E-state index contributed by atoms with van der Waals surface area (Å²) in [5, 5.41) is 3.63. The summed E-state index contributed by atoms with van der Waals surface area (Å²) in [5.74, 6) is 0.422. The molecule has 0 unspecified atom stereocenters. The van der Waals surface area contributed by atoms with Gasteiger partial charge in [0.15, 0.2) is 0 Å². The third kappa shape index (κ3) is 5.34. The molecule has 0 bridgehead atoms. The highest BCUT2D eigenvalue weighted by Gasteiger charge is 2.37. The lowest BCUT2D eigenvalue weighted by Gasteiger charge is -2.46. The summed E-state index contributed by atoms with van der Waals surface area (Å²) in [7, 11) is 0. The molecule has 3 heteroatoms. The average Bonchev–Trinajstić information content (AvgIpc) is 2.52. The van der Waals surface area contributed by atoms with Crippen molar-refractivity contribution in [1.82, 2.24) is 10.2 Å². The average molecular weight is 309 g/mol. The molecule has 128 valence electrons. The van der Waals surface area contributed by atoms with Gasteiger partial charge in [-0.1, -0.05) is 13.8 Å². The van der Waals surface area contributed by atoms with Crippen molar-refractivity contribution in [2.45, 2.75) is 84.1 Å². The van der Waals surface area contributed by atoms with Crippen LogP contribution in [0.25, 0.3) is 0 Å². The zero-order chi connectivity index (χ0) is 15.8. The largest absolute Gasteiger partial charge is 0.314 e. The number of hydrogen-bond acceptors (Lipinski definition) is 3. The van der Waals surface area contributed by atoms with Crippen molar-refractivity contribution >= 4 is 5.78 Å². The normalized spacial score (nSPS) is 23.0. The van der Waals surface area contributed by atoms with E-state index in [-0.39, 0.29) is 0 Å². The number of piperidine rings is 1. The third-order valence-corrected chi connectivity index (χ3v) is 5.87. The quantitative estimate of drug-likeness (QED) is 0.741. The van der Waals surface area contributed by atoms with Crippen LogP contribution in [0.2, 0.25) is 0 Å². The molecule has 2 fully saturated rings. The first-order valence-corrected chi connectivity index (χ1v) is 9.65. The molecule has 0 aromatic heterocycles. The van der Waals surface area contributed by atoms with E-state index in [1.165, 1.54) is 64.6 Å². The molecular formula is C19H36N2O. The highest BCUT2D eigenvalue weighted by atomic mass is 16.1. The maximum atomic E-state index is 11.6. The van der Waals surface area contributed by atoms with E-state index in [2.05, 4.69) is 24.1 Å². The van der Waals surface area contributed by atoms with Gasteiger partial charge in [-0.15, -0.1) is 0 Å². The Bertz CT molecular complexity index is 324. The minimum absolute atomic E-state index is 0.422. The van der Waals surface area contributed by atoms with Crippen LogP contribution < -0.4 is 5.32 Å². The van der Waals surface area contributed by atoms with E-state index in [0.717, 1.165) is 25.8 Å². The van der Waals surface area contributed by atoms with Gasteiger partial charge in [-0.05, 0) is 76.4 Å². The monoisotopic (exact) mass is 308 g/mol. The molecule has 1 aliphatic carbocycles. The van der Waals surface area contributed by atoms with Crippen molar-refractivity contribution in [2.24, 2.45) is 5.41 Å². The van der Waals surface area contributed by atoms with E-state index in [1.807, 2.05) is 0 Å². The Kier molecular flexibility index (Phi) is 7.36. The molecule has 1 heterocycles. The van der Waals surface area contributed by atoms with Crippen LogP contribution in [-0.2, 0) is 4.79 Å². The lowest BCUT2D eigenvalue weighted by molar-refractivity contribution is -0.119. The molecule has 0 aromatic rings. The van der Waals surface area contributed by atoms with E-state index in [4.69, 9.17) is 0 Å².